The van der Waals surface area contributed by atoms with Crippen LogP contribution >= 0.6 is 0 Å². The Labute approximate surface area is 134 Å². The van der Waals surface area contributed by atoms with Gasteiger partial charge in [0.15, 0.2) is 18.5 Å². The van der Waals surface area contributed by atoms with Gasteiger partial charge >= 0.3 is 5.97 Å². The summed E-state index contributed by atoms with van der Waals surface area (Å²) in [5, 5.41) is 11.3. The van der Waals surface area contributed by atoms with Crippen molar-refractivity contribution < 1.29 is 14.3 Å². The third kappa shape index (κ3) is 3.55. The predicted octanol–water partition coefficient (Wildman–Crippen LogP) is 3.27. The molecule has 0 spiro atoms. The van der Waals surface area contributed by atoms with E-state index in [0.29, 0.717) is 4.73 Å². The highest BCUT2D eigenvalue weighted by molar-refractivity contribution is 5.89. The first-order valence-corrected chi connectivity index (χ1v) is 7.24. The van der Waals surface area contributed by atoms with E-state index in [-0.39, 0.29) is 5.56 Å². The van der Waals surface area contributed by atoms with E-state index in [2.05, 4.69) is 0 Å². The Morgan fingerprint density at radius 2 is 1.43 bits per heavy atom. The fourth-order valence-electron chi connectivity index (χ4n) is 2.33. The van der Waals surface area contributed by atoms with Crippen LogP contribution in [0.1, 0.15) is 27.6 Å². The highest BCUT2D eigenvalue weighted by Crippen LogP contribution is 2.26. The summed E-state index contributed by atoms with van der Waals surface area (Å²) < 4.78 is 6.25. The summed E-state index contributed by atoms with van der Waals surface area (Å²) in [6.07, 6.45) is 2.00. The highest BCUT2D eigenvalue weighted by atomic mass is 16.5. The Morgan fingerprint density at radius 3 is 1.96 bits per heavy atom. The molecule has 0 aliphatic heterocycles. The van der Waals surface area contributed by atoms with Crippen molar-refractivity contribution in [1.82, 2.24) is 0 Å². The van der Waals surface area contributed by atoms with Crippen LogP contribution in [0.3, 0.4) is 0 Å². The first-order chi connectivity index (χ1) is 11.2. The average molecular weight is 305 g/mol. The van der Waals surface area contributed by atoms with Crippen LogP contribution in [0.4, 0.5) is 0 Å². The molecule has 114 valence electrons. The molecule has 3 rings (SSSR count). The maximum Gasteiger partial charge on any atom is 0.345 e. The molecule has 3 aromatic rings. The molecule has 2 aromatic carbocycles. The van der Waals surface area contributed by atoms with Crippen molar-refractivity contribution in [3.63, 3.8) is 0 Å². The molecule has 0 fully saturated rings. The van der Waals surface area contributed by atoms with E-state index in [4.69, 9.17) is 4.74 Å². The van der Waals surface area contributed by atoms with Gasteiger partial charge in [-0.3, -0.25) is 0 Å². The smallest absolute Gasteiger partial charge is 0.345 e. The van der Waals surface area contributed by atoms with Gasteiger partial charge in [-0.1, -0.05) is 60.7 Å². The molecule has 1 heterocycles. The van der Waals surface area contributed by atoms with Crippen LogP contribution in [0.2, 0.25) is 0 Å². The summed E-state index contributed by atoms with van der Waals surface area (Å²) in [7, 11) is 0. The van der Waals surface area contributed by atoms with Gasteiger partial charge in [0, 0.05) is 6.07 Å². The Kier molecular flexibility index (Phi) is 4.34. The summed E-state index contributed by atoms with van der Waals surface area (Å²) in [4.78, 5) is 12.4. The lowest BCUT2D eigenvalue weighted by Crippen LogP contribution is -2.26. The zero-order chi connectivity index (χ0) is 16.1. The third-order valence-corrected chi connectivity index (χ3v) is 3.44. The van der Waals surface area contributed by atoms with E-state index < -0.39 is 12.1 Å². The van der Waals surface area contributed by atoms with E-state index >= 15 is 0 Å². The quantitative estimate of drug-likeness (QED) is 0.422. The number of benzene rings is 2. The minimum Gasteiger partial charge on any atom is -0.619 e. The van der Waals surface area contributed by atoms with E-state index in [1.54, 1.807) is 6.07 Å². The monoisotopic (exact) mass is 305 g/mol. The van der Waals surface area contributed by atoms with Crippen LogP contribution in [0, 0.1) is 5.21 Å². The number of aromatic nitrogens is 1. The van der Waals surface area contributed by atoms with Gasteiger partial charge in [0.05, 0.1) is 0 Å². The molecule has 0 aliphatic rings. The number of ether oxygens (including phenoxy) is 1. The predicted molar refractivity (Wildman–Crippen MR) is 85.5 cm³/mol. The number of hydrogen-bond donors (Lipinski definition) is 0. The summed E-state index contributed by atoms with van der Waals surface area (Å²) in [6.45, 7) is 0. The Balaban J connectivity index is 1.92. The first-order valence-electron chi connectivity index (χ1n) is 7.24. The van der Waals surface area contributed by atoms with Crippen LogP contribution in [0.15, 0.2) is 85.2 Å². The molecule has 0 saturated carbocycles. The SMILES string of the molecule is O=C(OC(c1ccccc1)c1ccccc1)c1ccc[n+]([O-])c1. The number of carbonyl (C=O) groups excluding carboxylic acids is 1. The van der Waals surface area contributed by atoms with Crippen LogP contribution in [-0.4, -0.2) is 5.97 Å². The normalized spacial score (nSPS) is 10.5. The number of pyridine rings is 1. The van der Waals surface area contributed by atoms with Crippen molar-refractivity contribution in [3.05, 3.63) is 107 Å². The van der Waals surface area contributed by atoms with Gasteiger partial charge in [0.1, 0.15) is 5.56 Å². The number of esters is 1. The van der Waals surface area contributed by atoms with Gasteiger partial charge in [-0.15, -0.1) is 0 Å². The van der Waals surface area contributed by atoms with Gasteiger partial charge in [0.2, 0.25) is 0 Å². The third-order valence-electron chi connectivity index (χ3n) is 3.44. The number of nitrogens with zero attached hydrogens (tertiary/aromatic N) is 1. The second-order valence-electron chi connectivity index (χ2n) is 5.06. The number of carbonyl (C=O) groups is 1. The maximum absolute atomic E-state index is 12.4. The van der Waals surface area contributed by atoms with Crippen LogP contribution < -0.4 is 4.73 Å². The molecule has 1 aromatic heterocycles. The fourth-order valence-corrected chi connectivity index (χ4v) is 2.33. The zero-order valence-electron chi connectivity index (χ0n) is 12.3. The van der Waals surface area contributed by atoms with Crippen molar-refractivity contribution in [3.8, 4) is 0 Å². The Hall–Kier alpha value is -3.14. The van der Waals surface area contributed by atoms with Crippen LogP contribution in [0.5, 0.6) is 0 Å². The van der Waals surface area contributed by atoms with Crippen molar-refractivity contribution in [2.75, 3.05) is 0 Å². The molecule has 0 radical (unpaired) electrons. The minimum atomic E-state index is -0.534. The van der Waals surface area contributed by atoms with Gasteiger partial charge in [-0.05, 0) is 17.2 Å². The molecule has 0 N–H and O–H groups in total. The average Bonchev–Trinajstić information content (AvgIpc) is 2.61. The molecule has 0 aliphatic carbocycles. The Bertz CT molecular complexity index is 748. The molecule has 23 heavy (non-hydrogen) atoms. The standard InChI is InChI=1S/C19H15NO3/c21-19(17-12-7-13-20(22)14-17)23-18(15-8-3-1-4-9-15)16-10-5-2-6-11-16/h1-14,18H. The van der Waals surface area contributed by atoms with E-state index in [1.165, 1.54) is 18.5 Å². The molecule has 0 bridgehead atoms. The summed E-state index contributed by atoms with van der Waals surface area (Å²) in [5.41, 5.74) is 1.97. The molecular formula is C19H15NO3. The lowest BCUT2D eigenvalue weighted by atomic mass is 10.0. The largest absolute Gasteiger partial charge is 0.619 e. The lowest BCUT2D eigenvalue weighted by Gasteiger charge is -2.18. The summed E-state index contributed by atoms with van der Waals surface area (Å²) in [5.74, 6) is -0.534. The van der Waals surface area contributed by atoms with Gasteiger partial charge < -0.3 is 9.94 Å². The number of rotatable bonds is 4. The molecular weight excluding hydrogens is 290 g/mol. The van der Waals surface area contributed by atoms with Gasteiger partial charge in [0.25, 0.3) is 0 Å². The second-order valence-corrected chi connectivity index (χ2v) is 5.06. The highest BCUT2D eigenvalue weighted by Gasteiger charge is 2.20. The molecule has 0 unspecified atom stereocenters. The van der Waals surface area contributed by atoms with Gasteiger partial charge in [-0.25, -0.2) is 4.79 Å². The molecule has 4 heteroatoms. The summed E-state index contributed by atoms with van der Waals surface area (Å²) >= 11 is 0. The second kappa shape index (κ2) is 6.75. The Morgan fingerprint density at radius 1 is 0.870 bits per heavy atom. The van der Waals surface area contributed by atoms with Crippen LogP contribution in [-0.2, 0) is 4.74 Å². The van der Waals surface area contributed by atoms with Crippen molar-refractivity contribution in [2.45, 2.75) is 6.10 Å². The van der Waals surface area contributed by atoms with Crippen LogP contribution in [0.25, 0.3) is 0 Å². The van der Waals surface area contributed by atoms with E-state index in [0.717, 1.165) is 11.1 Å². The van der Waals surface area contributed by atoms with E-state index in [9.17, 15) is 10.0 Å². The zero-order valence-corrected chi connectivity index (χ0v) is 12.3. The lowest BCUT2D eigenvalue weighted by molar-refractivity contribution is -0.605. The molecule has 4 nitrogen and oxygen atoms in total. The van der Waals surface area contributed by atoms with Crippen molar-refractivity contribution in [1.29, 1.82) is 0 Å². The van der Waals surface area contributed by atoms with Crippen molar-refractivity contribution in [2.24, 2.45) is 0 Å². The van der Waals surface area contributed by atoms with Crippen molar-refractivity contribution >= 4 is 5.97 Å². The van der Waals surface area contributed by atoms with Gasteiger partial charge in [-0.2, -0.15) is 4.73 Å². The topological polar surface area (TPSA) is 53.2 Å². The molecule has 0 saturated heterocycles. The molecule has 0 atom stereocenters. The fraction of sp³-hybridized carbons (Fsp3) is 0.0526. The number of hydrogen-bond acceptors (Lipinski definition) is 3. The van der Waals surface area contributed by atoms with E-state index in [1.807, 2.05) is 60.7 Å². The first kappa shape index (κ1) is 14.8. The summed E-state index contributed by atoms with van der Waals surface area (Å²) in [6, 6.07) is 22.1. The molecule has 0 amide bonds. The maximum atomic E-state index is 12.4. The minimum absolute atomic E-state index is 0.222.